The molecule has 0 bridgehead atoms. The van der Waals surface area contributed by atoms with E-state index in [0.29, 0.717) is 12.2 Å². The largest absolute Gasteiger partial charge is 0.497 e. The van der Waals surface area contributed by atoms with E-state index < -0.39 is 6.04 Å². The van der Waals surface area contributed by atoms with Gasteiger partial charge in [-0.05, 0) is 54.3 Å². The smallest absolute Gasteiger partial charge is 0.243 e. The van der Waals surface area contributed by atoms with Crippen molar-refractivity contribution in [3.63, 3.8) is 0 Å². The maximum atomic E-state index is 13.6. The first-order chi connectivity index (χ1) is 17.9. The number of halogens is 1. The number of amides is 2. The van der Waals surface area contributed by atoms with Crippen molar-refractivity contribution in [2.75, 3.05) is 12.9 Å². The highest BCUT2D eigenvalue weighted by Crippen LogP contribution is 2.20. The maximum Gasteiger partial charge on any atom is 0.243 e. The van der Waals surface area contributed by atoms with Gasteiger partial charge in [0.05, 0.1) is 12.9 Å². The summed E-state index contributed by atoms with van der Waals surface area (Å²) in [5.74, 6) is 0.993. The molecule has 0 aliphatic carbocycles. The van der Waals surface area contributed by atoms with E-state index in [4.69, 9.17) is 4.74 Å². The molecule has 0 saturated heterocycles. The highest BCUT2D eigenvalue weighted by molar-refractivity contribution is 7.99. The van der Waals surface area contributed by atoms with Crippen molar-refractivity contribution in [3.05, 3.63) is 101 Å². The Morgan fingerprint density at radius 2 is 1.59 bits per heavy atom. The van der Waals surface area contributed by atoms with Gasteiger partial charge in [0.15, 0.2) is 0 Å². The van der Waals surface area contributed by atoms with Crippen molar-refractivity contribution >= 4 is 23.6 Å². The quantitative estimate of drug-likeness (QED) is 0.317. The van der Waals surface area contributed by atoms with Crippen LogP contribution in [-0.2, 0) is 28.3 Å². The molecule has 0 fully saturated rings. The van der Waals surface area contributed by atoms with Gasteiger partial charge in [-0.3, -0.25) is 9.59 Å². The molecular formula is C30H35FN2O3S. The predicted octanol–water partition coefficient (Wildman–Crippen LogP) is 5.62. The van der Waals surface area contributed by atoms with Gasteiger partial charge in [-0.1, -0.05) is 61.5 Å². The first kappa shape index (κ1) is 28.3. The molecule has 0 aliphatic rings. The van der Waals surface area contributed by atoms with Crippen LogP contribution in [-0.4, -0.2) is 41.7 Å². The summed E-state index contributed by atoms with van der Waals surface area (Å²) in [4.78, 5) is 28.7. The minimum Gasteiger partial charge on any atom is -0.497 e. The van der Waals surface area contributed by atoms with Gasteiger partial charge in [0.2, 0.25) is 11.8 Å². The number of carbonyl (C=O) groups excluding carboxylic acids is 2. The summed E-state index contributed by atoms with van der Waals surface area (Å²) < 4.78 is 18.8. The molecule has 3 aromatic carbocycles. The second-order valence-electron chi connectivity index (χ2n) is 9.01. The number of hydrogen-bond acceptors (Lipinski definition) is 4. The van der Waals surface area contributed by atoms with Crippen LogP contribution in [0.15, 0.2) is 78.9 Å². The van der Waals surface area contributed by atoms with Crippen molar-refractivity contribution in [3.8, 4) is 5.75 Å². The standard InChI is InChI=1S/C30H35FN2O3S/c1-4-22(2)32-30(35)28(18-23-8-6-5-7-9-23)33(19-24-10-14-26(31)15-11-24)29(34)21-37-20-25-12-16-27(36-3)17-13-25/h5-17,22,28H,4,18-21H2,1-3H3,(H,32,35)/t22-,28-/m1/s1. The molecule has 37 heavy (non-hydrogen) atoms. The number of nitrogens with one attached hydrogen (secondary N) is 1. The summed E-state index contributed by atoms with van der Waals surface area (Å²) in [6.45, 7) is 4.18. The summed E-state index contributed by atoms with van der Waals surface area (Å²) in [6.07, 6.45) is 1.17. The van der Waals surface area contributed by atoms with Crippen LogP contribution in [0.1, 0.15) is 37.0 Å². The van der Waals surface area contributed by atoms with E-state index in [-0.39, 0.29) is 36.0 Å². The Morgan fingerprint density at radius 1 is 0.946 bits per heavy atom. The zero-order chi connectivity index (χ0) is 26.6. The molecular weight excluding hydrogens is 487 g/mol. The highest BCUT2D eigenvalue weighted by atomic mass is 32.2. The molecule has 2 amide bonds. The first-order valence-corrected chi connectivity index (χ1v) is 13.6. The van der Waals surface area contributed by atoms with Gasteiger partial charge < -0.3 is 15.0 Å². The van der Waals surface area contributed by atoms with Crippen molar-refractivity contribution < 1.29 is 18.7 Å². The van der Waals surface area contributed by atoms with Crippen molar-refractivity contribution in [2.24, 2.45) is 0 Å². The van der Waals surface area contributed by atoms with E-state index in [9.17, 15) is 14.0 Å². The van der Waals surface area contributed by atoms with Crippen LogP contribution in [0, 0.1) is 5.82 Å². The molecule has 2 atom stereocenters. The molecule has 3 aromatic rings. The number of carbonyl (C=O) groups is 2. The molecule has 7 heteroatoms. The van der Waals surface area contributed by atoms with E-state index in [2.05, 4.69) is 5.32 Å². The van der Waals surface area contributed by atoms with Gasteiger partial charge >= 0.3 is 0 Å². The summed E-state index contributed by atoms with van der Waals surface area (Å²) in [5, 5.41) is 3.06. The number of hydrogen-bond donors (Lipinski definition) is 1. The lowest BCUT2D eigenvalue weighted by atomic mass is 10.0. The van der Waals surface area contributed by atoms with Gasteiger partial charge in [0.25, 0.3) is 0 Å². The maximum absolute atomic E-state index is 13.6. The third-order valence-corrected chi connectivity index (χ3v) is 7.18. The molecule has 0 radical (unpaired) electrons. The van der Waals surface area contributed by atoms with Crippen LogP contribution in [0.2, 0.25) is 0 Å². The van der Waals surface area contributed by atoms with Crippen molar-refractivity contribution in [1.82, 2.24) is 10.2 Å². The number of rotatable bonds is 13. The number of nitrogens with zero attached hydrogens (tertiary/aromatic N) is 1. The molecule has 0 unspecified atom stereocenters. The van der Waals surface area contributed by atoms with Crippen LogP contribution in [0.3, 0.4) is 0 Å². The van der Waals surface area contributed by atoms with E-state index in [1.54, 1.807) is 24.1 Å². The Hall–Kier alpha value is -3.32. The Bertz CT molecular complexity index is 1120. The van der Waals surface area contributed by atoms with Crippen molar-refractivity contribution in [1.29, 1.82) is 0 Å². The Balaban J connectivity index is 1.82. The third-order valence-electron chi connectivity index (χ3n) is 6.19. The number of methoxy groups -OCH3 is 1. The van der Waals surface area contributed by atoms with E-state index in [1.165, 1.54) is 23.9 Å². The van der Waals surface area contributed by atoms with Gasteiger partial charge in [-0.2, -0.15) is 0 Å². The van der Waals surface area contributed by atoms with Crippen LogP contribution < -0.4 is 10.1 Å². The molecule has 196 valence electrons. The average molecular weight is 523 g/mol. The molecule has 0 aromatic heterocycles. The summed E-state index contributed by atoms with van der Waals surface area (Å²) in [5.41, 5.74) is 2.82. The monoisotopic (exact) mass is 522 g/mol. The Morgan fingerprint density at radius 3 is 2.22 bits per heavy atom. The molecule has 1 N–H and O–H groups in total. The fourth-order valence-corrected chi connectivity index (χ4v) is 4.71. The summed E-state index contributed by atoms with van der Waals surface area (Å²) >= 11 is 1.50. The normalized spacial score (nSPS) is 12.4. The predicted molar refractivity (Wildman–Crippen MR) is 148 cm³/mol. The topological polar surface area (TPSA) is 58.6 Å². The van der Waals surface area contributed by atoms with Crippen LogP contribution in [0.4, 0.5) is 4.39 Å². The van der Waals surface area contributed by atoms with Gasteiger partial charge in [0.1, 0.15) is 17.6 Å². The Kier molecular flexibility index (Phi) is 11.0. The molecule has 0 aliphatic heterocycles. The molecule has 0 heterocycles. The molecule has 3 rings (SSSR count). The van der Waals surface area contributed by atoms with Gasteiger partial charge in [-0.25, -0.2) is 4.39 Å². The summed E-state index contributed by atoms with van der Waals surface area (Å²) in [7, 11) is 1.63. The van der Waals surface area contributed by atoms with Crippen LogP contribution >= 0.6 is 11.8 Å². The summed E-state index contributed by atoms with van der Waals surface area (Å²) in [6, 6.07) is 22.8. The molecule has 0 spiro atoms. The zero-order valence-electron chi connectivity index (χ0n) is 21.7. The minimum atomic E-state index is -0.699. The average Bonchev–Trinajstić information content (AvgIpc) is 2.92. The minimum absolute atomic E-state index is 0.0157. The Labute approximate surface area is 223 Å². The van der Waals surface area contributed by atoms with Crippen LogP contribution in [0.5, 0.6) is 5.75 Å². The van der Waals surface area contributed by atoms with Crippen LogP contribution in [0.25, 0.3) is 0 Å². The van der Waals surface area contributed by atoms with E-state index in [1.807, 2.05) is 68.4 Å². The highest BCUT2D eigenvalue weighted by Gasteiger charge is 2.30. The fourth-order valence-electron chi connectivity index (χ4n) is 3.84. The lowest BCUT2D eigenvalue weighted by molar-refractivity contribution is -0.139. The lowest BCUT2D eigenvalue weighted by Crippen LogP contribution is -2.52. The van der Waals surface area contributed by atoms with Gasteiger partial charge in [-0.15, -0.1) is 11.8 Å². The second-order valence-corrected chi connectivity index (χ2v) is 10.00. The first-order valence-electron chi connectivity index (χ1n) is 12.5. The second kappa shape index (κ2) is 14.4. The number of thioether (sulfide) groups is 1. The number of benzene rings is 3. The molecule has 5 nitrogen and oxygen atoms in total. The van der Waals surface area contributed by atoms with Crippen molar-refractivity contribution in [2.45, 2.75) is 51.1 Å². The van der Waals surface area contributed by atoms with Gasteiger partial charge in [0, 0.05) is 24.8 Å². The molecule has 0 saturated carbocycles. The zero-order valence-corrected chi connectivity index (χ0v) is 22.5. The van der Waals surface area contributed by atoms with E-state index in [0.717, 1.165) is 28.9 Å². The lowest BCUT2D eigenvalue weighted by Gasteiger charge is -2.32. The third kappa shape index (κ3) is 8.93. The fraction of sp³-hybridized carbons (Fsp3) is 0.333. The van der Waals surface area contributed by atoms with E-state index >= 15 is 0 Å². The number of ether oxygens (including phenoxy) is 1. The SMILES string of the molecule is CC[C@@H](C)NC(=O)[C@@H](Cc1ccccc1)N(Cc1ccc(F)cc1)C(=O)CSCc1ccc(OC)cc1.